The van der Waals surface area contributed by atoms with Gasteiger partial charge in [-0.05, 0) is 36.6 Å². The number of aryl methyl sites for hydroxylation is 1. The summed E-state index contributed by atoms with van der Waals surface area (Å²) in [5.74, 6) is -0.750. The Labute approximate surface area is 111 Å². The summed E-state index contributed by atoms with van der Waals surface area (Å²) in [6.45, 7) is 0.835. The van der Waals surface area contributed by atoms with Gasteiger partial charge in [0.2, 0.25) is 0 Å². The van der Waals surface area contributed by atoms with Crippen LogP contribution in [0.2, 0.25) is 0 Å². The molecular weight excluding hydrogens is 254 g/mol. The molecule has 0 fully saturated rings. The number of rotatable bonds is 6. The molecule has 0 aromatic heterocycles. The highest BCUT2D eigenvalue weighted by atomic mass is 19.3. The fourth-order valence-corrected chi connectivity index (χ4v) is 2.00. The monoisotopic (exact) mass is 272 g/mol. The van der Waals surface area contributed by atoms with Crippen molar-refractivity contribution in [3.8, 4) is 5.75 Å². The number of alkyl halides is 2. The lowest BCUT2D eigenvalue weighted by atomic mass is 9.93. The van der Waals surface area contributed by atoms with Crippen molar-refractivity contribution in [1.29, 1.82) is 0 Å². The van der Waals surface area contributed by atoms with E-state index >= 15 is 0 Å². The van der Waals surface area contributed by atoms with Crippen molar-refractivity contribution in [3.63, 3.8) is 0 Å². The van der Waals surface area contributed by atoms with E-state index in [1.54, 1.807) is 13.0 Å². The Kier molecular flexibility index (Phi) is 5.73. The van der Waals surface area contributed by atoms with E-state index in [2.05, 4.69) is 4.74 Å². The second-order valence-corrected chi connectivity index (χ2v) is 4.32. The molecule has 5 heteroatoms. The van der Waals surface area contributed by atoms with Crippen molar-refractivity contribution in [1.82, 2.24) is 0 Å². The Balaban J connectivity index is 3.08. The highest BCUT2D eigenvalue weighted by Crippen LogP contribution is 2.28. The van der Waals surface area contributed by atoms with Crippen LogP contribution in [0.3, 0.4) is 0 Å². The Hall–Kier alpha value is -1.65. The maximum atomic E-state index is 12.2. The number of esters is 1. The molecular formula is C14H18F2O3. The van der Waals surface area contributed by atoms with Crippen LogP contribution in [0.25, 0.3) is 0 Å². The lowest BCUT2D eigenvalue weighted by molar-refractivity contribution is -0.142. The molecule has 0 aliphatic carbocycles. The molecule has 0 aliphatic rings. The lowest BCUT2D eigenvalue weighted by Crippen LogP contribution is -2.14. The van der Waals surface area contributed by atoms with Crippen LogP contribution < -0.4 is 4.74 Å². The van der Waals surface area contributed by atoms with Crippen LogP contribution in [0.1, 0.15) is 36.8 Å². The number of hydrogen-bond acceptors (Lipinski definition) is 3. The highest BCUT2D eigenvalue weighted by Gasteiger charge is 2.21. The van der Waals surface area contributed by atoms with Crippen LogP contribution in [-0.4, -0.2) is 19.7 Å². The zero-order valence-electron chi connectivity index (χ0n) is 11.3. The first-order valence-corrected chi connectivity index (χ1v) is 6.12. The fourth-order valence-electron chi connectivity index (χ4n) is 2.00. The molecule has 0 amide bonds. The number of hydrogen-bond donors (Lipinski definition) is 0. The van der Waals surface area contributed by atoms with E-state index in [9.17, 15) is 13.6 Å². The topological polar surface area (TPSA) is 35.5 Å². The van der Waals surface area contributed by atoms with Crippen molar-refractivity contribution < 1.29 is 23.0 Å². The molecule has 0 saturated heterocycles. The summed E-state index contributed by atoms with van der Waals surface area (Å²) in [5.41, 5.74) is 1.41. The number of benzene rings is 1. The normalized spacial score (nSPS) is 12.3. The molecule has 1 atom stereocenters. The van der Waals surface area contributed by atoms with Gasteiger partial charge in [-0.3, -0.25) is 4.79 Å². The molecule has 0 saturated carbocycles. The van der Waals surface area contributed by atoms with E-state index in [0.717, 1.165) is 12.0 Å². The predicted molar refractivity (Wildman–Crippen MR) is 67.5 cm³/mol. The van der Waals surface area contributed by atoms with E-state index in [4.69, 9.17) is 4.74 Å². The first-order valence-electron chi connectivity index (χ1n) is 6.12. The molecule has 0 radical (unpaired) electrons. The van der Waals surface area contributed by atoms with Crippen LogP contribution >= 0.6 is 0 Å². The standard InChI is InChI=1S/C14H18F2O3/c1-4-5-12(13(17)18-3)10-6-9(2)7-11(8-10)19-14(15)16/h6-8,12,14H,4-5H2,1-3H3. The van der Waals surface area contributed by atoms with Crippen molar-refractivity contribution in [3.05, 3.63) is 29.3 Å². The zero-order valence-corrected chi connectivity index (χ0v) is 11.3. The maximum absolute atomic E-state index is 12.2. The van der Waals surface area contributed by atoms with Gasteiger partial charge in [0.1, 0.15) is 5.75 Å². The minimum atomic E-state index is -2.88. The van der Waals surface area contributed by atoms with Gasteiger partial charge in [-0.25, -0.2) is 0 Å². The zero-order chi connectivity index (χ0) is 14.4. The molecule has 0 spiro atoms. The van der Waals surface area contributed by atoms with Gasteiger partial charge >= 0.3 is 12.6 Å². The number of carbonyl (C=O) groups excluding carboxylic acids is 1. The quantitative estimate of drug-likeness (QED) is 0.741. The summed E-state index contributed by atoms with van der Waals surface area (Å²) in [6, 6.07) is 4.77. The lowest BCUT2D eigenvalue weighted by Gasteiger charge is -2.16. The Morgan fingerprint density at radius 3 is 2.53 bits per heavy atom. The Morgan fingerprint density at radius 1 is 1.32 bits per heavy atom. The number of carbonyl (C=O) groups is 1. The summed E-state index contributed by atoms with van der Waals surface area (Å²) in [5, 5.41) is 0. The second kappa shape index (κ2) is 7.07. The van der Waals surface area contributed by atoms with Crippen molar-refractivity contribution in [2.45, 2.75) is 39.2 Å². The molecule has 3 nitrogen and oxygen atoms in total. The van der Waals surface area contributed by atoms with E-state index in [1.165, 1.54) is 19.2 Å². The van der Waals surface area contributed by atoms with E-state index in [-0.39, 0.29) is 11.7 Å². The SMILES string of the molecule is CCCC(C(=O)OC)c1cc(C)cc(OC(F)F)c1. The van der Waals surface area contributed by atoms with Crippen LogP contribution in [0, 0.1) is 6.92 Å². The third kappa shape index (κ3) is 4.50. The van der Waals surface area contributed by atoms with Crippen molar-refractivity contribution in [2.24, 2.45) is 0 Å². The third-order valence-electron chi connectivity index (χ3n) is 2.76. The smallest absolute Gasteiger partial charge is 0.387 e. The number of methoxy groups -OCH3 is 1. The Bertz CT molecular complexity index is 433. The highest BCUT2D eigenvalue weighted by molar-refractivity contribution is 5.78. The number of ether oxygens (including phenoxy) is 2. The van der Waals surface area contributed by atoms with Gasteiger partial charge in [0, 0.05) is 0 Å². The average molecular weight is 272 g/mol. The van der Waals surface area contributed by atoms with Gasteiger partial charge in [0.05, 0.1) is 13.0 Å². The van der Waals surface area contributed by atoms with E-state index in [0.29, 0.717) is 12.0 Å². The van der Waals surface area contributed by atoms with Gasteiger partial charge in [0.15, 0.2) is 0 Å². The average Bonchev–Trinajstić information content (AvgIpc) is 2.33. The van der Waals surface area contributed by atoms with Gasteiger partial charge < -0.3 is 9.47 Å². The first kappa shape index (κ1) is 15.4. The molecule has 0 N–H and O–H groups in total. The van der Waals surface area contributed by atoms with Crippen LogP contribution in [0.4, 0.5) is 8.78 Å². The van der Waals surface area contributed by atoms with Crippen LogP contribution in [-0.2, 0) is 9.53 Å². The Morgan fingerprint density at radius 2 is 2.00 bits per heavy atom. The van der Waals surface area contributed by atoms with E-state index in [1.807, 2.05) is 6.92 Å². The largest absolute Gasteiger partial charge is 0.469 e. The van der Waals surface area contributed by atoms with Crippen molar-refractivity contribution in [2.75, 3.05) is 7.11 Å². The molecule has 1 aromatic carbocycles. The van der Waals surface area contributed by atoms with Crippen molar-refractivity contribution >= 4 is 5.97 Å². The molecule has 0 aliphatic heterocycles. The molecule has 106 valence electrons. The summed E-state index contributed by atoms with van der Waals surface area (Å²) in [7, 11) is 1.32. The molecule has 19 heavy (non-hydrogen) atoms. The molecule has 1 unspecified atom stereocenters. The van der Waals surface area contributed by atoms with E-state index < -0.39 is 12.5 Å². The predicted octanol–water partition coefficient (Wildman–Crippen LogP) is 3.65. The van der Waals surface area contributed by atoms with Gasteiger partial charge in [-0.1, -0.05) is 19.4 Å². The molecule has 0 heterocycles. The van der Waals surface area contributed by atoms with Gasteiger partial charge in [-0.15, -0.1) is 0 Å². The molecule has 1 rings (SSSR count). The number of halogens is 2. The minimum Gasteiger partial charge on any atom is -0.469 e. The summed E-state index contributed by atoms with van der Waals surface area (Å²) < 4.78 is 33.6. The summed E-state index contributed by atoms with van der Waals surface area (Å²) in [4.78, 5) is 11.7. The third-order valence-corrected chi connectivity index (χ3v) is 2.76. The van der Waals surface area contributed by atoms with Gasteiger partial charge in [0.25, 0.3) is 0 Å². The fraction of sp³-hybridized carbons (Fsp3) is 0.500. The van der Waals surface area contributed by atoms with Crippen LogP contribution in [0.15, 0.2) is 18.2 Å². The second-order valence-electron chi connectivity index (χ2n) is 4.32. The summed E-state index contributed by atoms with van der Waals surface area (Å²) >= 11 is 0. The van der Waals surface area contributed by atoms with Gasteiger partial charge in [-0.2, -0.15) is 8.78 Å². The first-order chi connectivity index (χ1) is 8.97. The molecule has 0 bridgehead atoms. The molecule has 1 aromatic rings. The minimum absolute atomic E-state index is 0.0648. The summed E-state index contributed by atoms with van der Waals surface area (Å²) in [6.07, 6.45) is 1.39. The van der Waals surface area contributed by atoms with Crippen LogP contribution in [0.5, 0.6) is 5.75 Å². The maximum Gasteiger partial charge on any atom is 0.387 e.